The van der Waals surface area contributed by atoms with Gasteiger partial charge in [0.15, 0.2) is 0 Å². The van der Waals surface area contributed by atoms with Gasteiger partial charge in [0.25, 0.3) is 5.91 Å². The fourth-order valence-corrected chi connectivity index (χ4v) is 6.56. The minimum absolute atomic E-state index is 0.135. The van der Waals surface area contributed by atoms with Crippen LogP contribution in [0.3, 0.4) is 0 Å². The second-order valence-electron chi connectivity index (χ2n) is 7.31. The van der Waals surface area contributed by atoms with E-state index >= 15 is 0 Å². The Morgan fingerprint density at radius 2 is 2.14 bits per heavy atom. The zero-order valence-electron chi connectivity index (χ0n) is 17.9. The number of fused-ring (bicyclic) bond motifs is 1. The molecule has 3 atom stereocenters. The molecule has 4 amide bonds. The van der Waals surface area contributed by atoms with Crippen LogP contribution in [-0.2, 0) is 31.0 Å². The van der Waals surface area contributed by atoms with Crippen molar-refractivity contribution in [3.8, 4) is 0 Å². The van der Waals surface area contributed by atoms with E-state index in [9.17, 15) is 29.1 Å². The summed E-state index contributed by atoms with van der Waals surface area (Å²) in [6.45, 7) is 0. The van der Waals surface area contributed by atoms with E-state index in [2.05, 4.69) is 26.2 Å². The summed E-state index contributed by atoms with van der Waals surface area (Å²) < 4.78 is 1.45. The molecule has 184 valence electrons. The molecule has 2 aromatic heterocycles. The van der Waals surface area contributed by atoms with Crippen LogP contribution in [0.15, 0.2) is 33.9 Å². The number of aliphatic carboxylic acids is 1. The van der Waals surface area contributed by atoms with E-state index in [4.69, 9.17) is 5.73 Å². The third-order valence-corrected chi connectivity index (χ3v) is 8.47. The summed E-state index contributed by atoms with van der Waals surface area (Å²) in [6.07, 6.45) is 0. The van der Waals surface area contributed by atoms with Gasteiger partial charge in [0.1, 0.15) is 23.2 Å². The van der Waals surface area contributed by atoms with Crippen molar-refractivity contribution in [2.24, 2.45) is 12.8 Å². The molecule has 4 rings (SSSR count). The van der Waals surface area contributed by atoms with E-state index < -0.39 is 47.1 Å². The maximum atomic E-state index is 13.0. The molecule has 17 heteroatoms. The van der Waals surface area contributed by atoms with Crippen molar-refractivity contribution in [3.63, 3.8) is 0 Å². The number of amides is 4. The number of tetrazole rings is 1. The molecule has 0 bridgehead atoms. The Morgan fingerprint density at radius 1 is 1.37 bits per heavy atom. The molecule has 4 heterocycles. The molecule has 1 saturated heterocycles. The third kappa shape index (κ3) is 4.87. The van der Waals surface area contributed by atoms with Crippen LogP contribution in [0.5, 0.6) is 0 Å². The highest BCUT2D eigenvalue weighted by Crippen LogP contribution is 2.41. The largest absolute Gasteiger partial charge is 0.477 e. The summed E-state index contributed by atoms with van der Waals surface area (Å²) in [4.78, 5) is 62.5. The molecule has 2 aliphatic rings. The Kier molecular flexibility index (Phi) is 7.08. The Balaban J connectivity index is 1.49. The number of nitrogens with zero attached hydrogens (tertiary/aromatic N) is 5. The Hall–Kier alpha value is -3.44. The van der Waals surface area contributed by atoms with Crippen molar-refractivity contribution in [2.75, 3.05) is 11.5 Å². The number of aryl methyl sites for hydroxylation is 1. The van der Waals surface area contributed by atoms with Crippen LogP contribution in [0.2, 0.25) is 0 Å². The SMILES string of the molecule is Cn1nnnc1SCC1=C(C(=O)O)N2C(=O)[C@H](NC(=O)C(NC(=O)C(N)=O)c3cccs3)C2SC1. The summed E-state index contributed by atoms with van der Waals surface area (Å²) >= 11 is 3.71. The second kappa shape index (κ2) is 10.0. The number of primary amides is 1. The van der Waals surface area contributed by atoms with Crippen molar-refractivity contribution in [1.82, 2.24) is 35.7 Å². The first-order valence-corrected chi connectivity index (χ1v) is 12.8. The van der Waals surface area contributed by atoms with Crippen LogP contribution in [0.1, 0.15) is 10.9 Å². The summed E-state index contributed by atoms with van der Waals surface area (Å²) in [5.74, 6) is -4.41. The number of carbonyl (C=O) groups excluding carboxylic acids is 4. The molecule has 1 fully saturated rings. The zero-order valence-corrected chi connectivity index (χ0v) is 20.4. The third-order valence-electron chi connectivity index (χ3n) is 5.09. The van der Waals surface area contributed by atoms with E-state index in [0.29, 0.717) is 21.4 Å². The van der Waals surface area contributed by atoms with Crippen LogP contribution >= 0.6 is 34.9 Å². The first kappa shape index (κ1) is 24.7. The number of β-lactam (4-membered cyclic amide) rings is 1. The predicted molar refractivity (Wildman–Crippen MR) is 124 cm³/mol. The molecule has 0 saturated carbocycles. The number of hydrogen-bond acceptors (Lipinski definition) is 11. The molecule has 0 spiro atoms. The maximum Gasteiger partial charge on any atom is 0.352 e. The predicted octanol–water partition coefficient (Wildman–Crippen LogP) is -1.55. The smallest absolute Gasteiger partial charge is 0.352 e. The van der Waals surface area contributed by atoms with Gasteiger partial charge in [-0.25, -0.2) is 9.48 Å². The summed E-state index contributed by atoms with van der Waals surface area (Å²) in [5, 5.41) is 27.3. The Morgan fingerprint density at radius 3 is 2.74 bits per heavy atom. The van der Waals surface area contributed by atoms with Crippen LogP contribution in [0.25, 0.3) is 0 Å². The van der Waals surface area contributed by atoms with Gasteiger partial charge in [-0.15, -0.1) is 28.2 Å². The molecule has 0 radical (unpaired) electrons. The average Bonchev–Trinajstić information content (AvgIpc) is 3.50. The lowest BCUT2D eigenvalue weighted by molar-refractivity contribution is -0.151. The minimum atomic E-state index is -1.26. The van der Waals surface area contributed by atoms with Crippen molar-refractivity contribution >= 4 is 64.5 Å². The van der Waals surface area contributed by atoms with E-state index in [1.165, 1.54) is 39.5 Å². The van der Waals surface area contributed by atoms with Gasteiger partial charge >= 0.3 is 17.8 Å². The molecule has 0 aliphatic carbocycles. The van der Waals surface area contributed by atoms with Gasteiger partial charge in [0, 0.05) is 23.4 Å². The second-order valence-corrected chi connectivity index (χ2v) is 10.3. The van der Waals surface area contributed by atoms with Crippen molar-refractivity contribution in [1.29, 1.82) is 0 Å². The van der Waals surface area contributed by atoms with E-state index in [0.717, 1.165) is 4.90 Å². The standard InChI is InChI=1S/C18H18N8O6S3/c1-25-18(22-23-24-25)35-6-7-5-34-16-10(15(30)26(16)11(7)17(31)32)21-13(28)9(8-3-2-4-33-8)20-14(29)12(19)27/h2-4,9-10,16H,5-6H2,1H3,(H2,19,27)(H,20,29)(H,21,28)(H,31,32)/t9?,10-,16?/m0/s1. The molecule has 14 nitrogen and oxygen atoms in total. The lowest BCUT2D eigenvalue weighted by Crippen LogP contribution is -2.71. The van der Waals surface area contributed by atoms with Gasteiger partial charge in [-0.1, -0.05) is 17.8 Å². The lowest BCUT2D eigenvalue weighted by Gasteiger charge is -2.49. The molecular weight excluding hydrogens is 520 g/mol. The number of nitrogens with one attached hydrogen (secondary N) is 2. The quantitative estimate of drug-likeness (QED) is 0.172. The molecule has 5 N–H and O–H groups in total. The molecule has 2 unspecified atom stereocenters. The van der Waals surface area contributed by atoms with E-state index in [-0.39, 0.29) is 11.4 Å². The molecule has 0 aromatic carbocycles. The highest BCUT2D eigenvalue weighted by molar-refractivity contribution is 8.01. The van der Waals surface area contributed by atoms with Crippen LogP contribution in [0, 0.1) is 0 Å². The number of aromatic nitrogens is 4. The number of carboxylic acid groups (broad SMARTS) is 1. The van der Waals surface area contributed by atoms with E-state index in [1.807, 2.05) is 0 Å². The number of thioether (sulfide) groups is 2. The van der Waals surface area contributed by atoms with Gasteiger partial charge in [0.2, 0.25) is 11.1 Å². The van der Waals surface area contributed by atoms with Crippen LogP contribution in [-0.4, -0.2) is 82.7 Å². The van der Waals surface area contributed by atoms with Crippen molar-refractivity contribution in [3.05, 3.63) is 33.7 Å². The number of carboxylic acids is 1. The van der Waals surface area contributed by atoms with Gasteiger partial charge in [-0.3, -0.25) is 24.1 Å². The molecule has 2 aromatic rings. The van der Waals surface area contributed by atoms with Crippen molar-refractivity contribution < 1.29 is 29.1 Å². The normalized spacial score (nSPS) is 20.0. The first-order chi connectivity index (χ1) is 16.7. The Labute approximate surface area is 209 Å². The van der Waals surface area contributed by atoms with Crippen molar-refractivity contribution in [2.45, 2.75) is 22.6 Å². The fourth-order valence-electron chi connectivity index (χ4n) is 3.45. The molecule has 35 heavy (non-hydrogen) atoms. The number of carbonyl (C=O) groups is 5. The average molecular weight is 539 g/mol. The number of nitrogens with two attached hydrogens (primary N) is 1. The van der Waals surface area contributed by atoms with Gasteiger partial charge in [0.05, 0.1) is 0 Å². The number of hydrogen-bond donors (Lipinski definition) is 4. The Bertz CT molecular complexity index is 1230. The highest BCUT2D eigenvalue weighted by atomic mass is 32.2. The van der Waals surface area contributed by atoms with E-state index in [1.54, 1.807) is 24.6 Å². The lowest BCUT2D eigenvalue weighted by atomic mass is 10.0. The molecule has 2 aliphatic heterocycles. The minimum Gasteiger partial charge on any atom is -0.477 e. The van der Waals surface area contributed by atoms with Gasteiger partial charge in [-0.2, -0.15) is 0 Å². The monoisotopic (exact) mass is 538 g/mol. The van der Waals surface area contributed by atoms with Gasteiger partial charge in [-0.05, 0) is 27.4 Å². The zero-order chi connectivity index (χ0) is 25.3. The van der Waals surface area contributed by atoms with Crippen LogP contribution in [0.4, 0.5) is 0 Å². The molecular formula is C18H18N8O6S3. The topological polar surface area (TPSA) is 202 Å². The van der Waals surface area contributed by atoms with Crippen LogP contribution < -0.4 is 16.4 Å². The summed E-state index contributed by atoms with van der Waals surface area (Å²) in [7, 11) is 1.65. The number of rotatable bonds is 8. The highest BCUT2D eigenvalue weighted by Gasteiger charge is 2.54. The summed E-state index contributed by atoms with van der Waals surface area (Å²) in [6, 6.07) is 0.992. The first-order valence-electron chi connectivity index (χ1n) is 9.88. The fraction of sp³-hybridized carbons (Fsp3) is 0.333. The number of thiophene rings is 1. The van der Waals surface area contributed by atoms with Gasteiger partial charge < -0.3 is 21.5 Å². The summed E-state index contributed by atoms with van der Waals surface area (Å²) in [5.41, 5.74) is 5.38. The maximum absolute atomic E-state index is 13.0.